The van der Waals surface area contributed by atoms with Crippen molar-refractivity contribution in [3.63, 3.8) is 0 Å². The number of nitrogens with one attached hydrogen (secondary N) is 1. The van der Waals surface area contributed by atoms with Crippen LogP contribution in [0.3, 0.4) is 0 Å². The molecule has 0 radical (unpaired) electrons. The van der Waals surface area contributed by atoms with Crippen molar-refractivity contribution in [2.45, 2.75) is 6.92 Å². The molecule has 3 N–H and O–H groups in total. The van der Waals surface area contributed by atoms with Crippen LogP contribution in [-0.2, 0) is 0 Å². The van der Waals surface area contributed by atoms with Crippen LogP contribution in [0.2, 0.25) is 0 Å². The Kier molecular flexibility index (Phi) is 1.81. The molecule has 0 aliphatic carbocycles. The van der Waals surface area contributed by atoms with Crippen LogP contribution < -0.4 is 0 Å². The first kappa shape index (κ1) is 7.60. The third-order valence-corrected chi connectivity index (χ3v) is 1.59. The fourth-order valence-electron chi connectivity index (χ4n) is 0.827. The molecule has 0 saturated carbocycles. The van der Waals surface area contributed by atoms with Crippen molar-refractivity contribution >= 4 is 6.21 Å². The van der Waals surface area contributed by atoms with Crippen LogP contribution in [0, 0.1) is 12.3 Å². The first-order valence-corrected chi connectivity index (χ1v) is 3.19. The fraction of sp³-hybridized carbons (Fsp3) is 0.125. The minimum absolute atomic E-state index is 0.0278. The summed E-state index contributed by atoms with van der Waals surface area (Å²) in [6, 6.07) is 2.94. The standard InChI is InChI=1S/C8H9NO2/c1-5-7(10)3-2-6(4-9)8(5)11/h2-4,9-11H,1H3. The molecule has 58 valence electrons. The number of phenolic OH excluding ortho intramolecular Hbond substituents is 2. The minimum atomic E-state index is -0.0278. The molecule has 1 rings (SSSR count). The second-order valence-corrected chi connectivity index (χ2v) is 2.29. The molecule has 1 aromatic carbocycles. The molecule has 0 aliphatic heterocycles. The third-order valence-electron chi connectivity index (χ3n) is 1.59. The van der Waals surface area contributed by atoms with E-state index in [0.29, 0.717) is 11.1 Å². The average molecular weight is 151 g/mol. The number of hydrogen-bond acceptors (Lipinski definition) is 3. The predicted molar refractivity (Wildman–Crippen MR) is 42.4 cm³/mol. The maximum atomic E-state index is 9.27. The Morgan fingerprint density at radius 2 is 2.00 bits per heavy atom. The predicted octanol–water partition coefficient (Wildman–Crippen LogP) is 1.40. The Morgan fingerprint density at radius 1 is 1.36 bits per heavy atom. The van der Waals surface area contributed by atoms with E-state index in [4.69, 9.17) is 10.5 Å². The summed E-state index contributed by atoms with van der Waals surface area (Å²) in [5.41, 5.74) is 0.825. The van der Waals surface area contributed by atoms with Gasteiger partial charge >= 0.3 is 0 Å². The summed E-state index contributed by atoms with van der Waals surface area (Å²) >= 11 is 0. The Morgan fingerprint density at radius 3 is 2.55 bits per heavy atom. The third kappa shape index (κ3) is 1.17. The Bertz CT molecular complexity index is 294. The molecule has 0 aliphatic rings. The molecule has 3 heteroatoms. The summed E-state index contributed by atoms with van der Waals surface area (Å²) in [4.78, 5) is 0. The highest BCUT2D eigenvalue weighted by molar-refractivity contribution is 5.82. The lowest BCUT2D eigenvalue weighted by molar-refractivity contribution is 0.442. The molecule has 0 spiro atoms. The zero-order chi connectivity index (χ0) is 8.43. The SMILES string of the molecule is Cc1c(O)ccc(C=N)c1O. The topological polar surface area (TPSA) is 64.3 Å². The molecule has 0 fully saturated rings. The lowest BCUT2D eigenvalue weighted by Crippen LogP contribution is -1.84. The van der Waals surface area contributed by atoms with Gasteiger partial charge in [0, 0.05) is 17.3 Å². The summed E-state index contributed by atoms with van der Waals surface area (Å²) in [5.74, 6) is 0.0214. The van der Waals surface area contributed by atoms with Crippen LogP contribution >= 0.6 is 0 Å². The Labute approximate surface area is 64.4 Å². The van der Waals surface area contributed by atoms with E-state index in [1.54, 1.807) is 6.92 Å². The van der Waals surface area contributed by atoms with E-state index in [1.807, 2.05) is 0 Å². The molecule has 0 aromatic heterocycles. The number of benzene rings is 1. The molecule has 0 heterocycles. The van der Waals surface area contributed by atoms with Crippen molar-refractivity contribution in [2.24, 2.45) is 0 Å². The van der Waals surface area contributed by atoms with Crippen LogP contribution in [0.5, 0.6) is 11.5 Å². The fourth-order valence-corrected chi connectivity index (χ4v) is 0.827. The van der Waals surface area contributed by atoms with Crippen LogP contribution in [0.15, 0.2) is 12.1 Å². The van der Waals surface area contributed by atoms with Crippen molar-refractivity contribution in [3.8, 4) is 11.5 Å². The monoisotopic (exact) mass is 151 g/mol. The number of aromatic hydroxyl groups is 2. The average Bonchev–Trinajstić information content (AvgIpc) is 2.01. The summed E-state index contributed by atoms with van der Waals surface area (Å²) in [5, 5.41) is 25.2. The van der Waals surface area contributed by atoms with Gasteiger partial charge in [0.25, 0.3) is 0 Å². The molecule has 0 unspecified atom stereocenters. The van der Waals surface area contributed by atoms with Crippen molar-refractivity contribution in [2.75, 3.05) is 0 Å². The lowest BCUT2D eigenvalue weighted by atomic mass is 10.1. The van der Waals surface area contributed by atoms with E-state index < -0.39 is 0 Å². The van der Waals surface area contributed by atoms with Gasteiger partial charge in [-0.1, -0.05) is 0 Å². The van der Waals surface area contributed by atoms with E-state index in [0.717, 1.165) is 6.21 Å². The Hall–Kier alpha value is -1.51. The highest BCUT2D eigenvalue weighted by Gasteiger charge is 2.04. The number of hydrogen-bond donors (Lipinski definition) is 3. The second kappa shape index (κ2) is 2.62. The zero-order valence-corrected chi connectivity index (χ0v) is 6.13. The highest BCUT2D eigenvalue weighted by atomic mass is 16.3. The van der Waals surface area contributed by atoms with Crippen molar-refractivity contribution in [1.29, 1.82) is 5.41 Å². The maximum absolute atomic E-state index is 9.27. The van der Waals surface area contributed by atoms with Gasteiger partial charge in [0.2, 0.25) is 0 Å². The van der Waals surface area contributed by atoms with Crippen molar-refractivity contribution < 1.29 is 10.2 Å². The van der Waals surface area contributed by atoms with Crippen LogP contribution in [0.4, 0.5) is 0 Å². The van der Waals surface area contributed by atoms with Gasteiger partial charge < -0.3 is 15.6 Å². The molecule has 0 bridgehead atoms. The molecule has 0 amide bonds. The quantitative estimate of drug-likeness (QED) is 0.531. The largest absolute Gasteiger partial charge is 0.508 e. The van der Waals surface area contributed by atoms with Gasteiger partial charge in [0.15, 0.2) is 0 Å². The van der Waals surface area contributed by atoms with Gasteiger partial charge in [-0.25, -0.2) is 0 Å². The van der Waals surface area contributed by atoms with Crippen LogP contribution in [-0.4, -0.2) is 16.4 Å². The van der Waals surface area contributed by atoms with Gasteiger partial charge in [-0.3, -0.25) is 0 Å². The van der Waals surface area contributed by atoms with E-state index in [1.165, 1.54) is 12.1 Å². The molecule has 0 atom stereocenters. The van der Waals surface area contributed by atoms with Gasteiger partial charge in [-0.05, 0) is 19.1 Å². The molecular formula is C8H9NO2. The summed E-state index contributed by atoms with van der Waals surface area (Å²) in [6.07, 6.45) is 1.04. The molecular weight excluding hydrogens is 142 g/mol. The number of rotatable bonds is 1. The van der Waals surface area contributed by atoms with Gasteiger partial charge in [0.1, 0.15) is 11.5 Å². The lowest BCUT2D eigenvalue weighted by Gasteiger charge is -2.03. The minimum Gasteiger partial charge on any atom is -0.508 e. The second-order valence-electron chi connectivity index (χ2n) is 2.29. The van der Waals surface area contributed by atoms with Crippen LogP contribution in [0.1, 0.15) is 11.1 Å². The van der Waals surface area contributed by atoms with Crippen molar-refractivity contribution in [3.05, 3.63) is 23.3 Å². The normalized spacial score (nSPS) is 9.55. The first-order chi connectivity index (χ1) is 5.16. The van der Waals surface area contributed by atoms with E-state index in [-0.39, 0.29) is 11.5 Å². The highest BCUT2D eigenvalue weighted by Crippen LogP contribution is 2.27. The summed E-state index contributed by atoms with van der Waals surface area (Å²) in [6.45, 7) is 1.59. The molecule has 1 aromatic rings. The van der Waals surface area contributed by atoms with E-state index in [2.05, 4.69) is 0 Å². The zero-order valence-electron chi connectivity index (χ0n) is 6.13. The van der Waals surface area contributed by atoms with Crippen molar-refractivity contribution in [1.82, 2.24) is 0 Å². The van der Waals surface area contributed by atoms with E-state index >= 15 is 0 Å². The number of phenols is 2. The smallest absolute Gasteiger partial charge is 0.130 e. The van der Waals surface area contributed by atoms with Gasteiger partial charge in [-0.15, -0.1) is 0 Å². The molecule has 0 saturated heterocycles. The Balaban J connectivity index is 3.36. The summed E-state index contributed by atoms with van der Waals surface area (Å²) < 4.78 is 0. The van der Waals surface area contributed by atoms with Gasteiger partial charge in [-0.2, -0.15) is 0 Å². The maximum Gasteiger partial charge on any atom is 0.130 e. The van der Waals surface area contributed by atoms with Crippen LogP contribution in [0.25, 0.3) is 0 Å². The molecule has 11 heavy (non-hydrogen) atoms. The van der Waals surface area contributed by atoms with Gasteiger partial charge in [0.05, 0.1) is 0 Å². The van der Waals surface area contributed by atoms with E-state index in [9.17, 15) is 5.11 Å². The molecule has 3 nitrogen and oxygen atoms in total. The summed E-state index contributed by atoms with van der Waals surface area (Å²) in [7, 11) is 0. The first-order valence-electron chi connectivity index (χ1n) is 3.19.